The zero-order valence-electron chi connectivity index (χ0n) is 12.5. The maximum Gasteiger partial charge on any atom is 2.00 e. The first-order valence-corrected chi connectivity index (χ1v) is 8.27. The van der Waals surface area contributed by atoms with Gasteiger partial charge in [-0.15, -0.1) is 0 Å². The summed E-state index contributed by atoms with van der Waals surface area (Å²) in [5.74, 6) is -0.277. The van der Waals surface area contributed by atoms with Gasteiger partial charge < -0.3 is 14.2 Å². The van der Waals surface area contributed by atoms with Gasteiger partial charge in [-0.05, 0) is 24.3 Å². The Morgan fingerprint density at radius 2 is 1.77 bits per heavy atom. The number of benzene rings is 1. The molecule has 0 unspecified atom stereocenters. The average molecular weight is 463 g/mol. The van der Waals surface area contributed by atoms with E-state index in [4.69, 9.17) is 45.8 Å². The van der Waals surface area contributed by atoms with Crippen molar-refractivity contribution in [3.05, 3.63) is 57.8 Å². The molecule has 26 heavy (non-hydrogen) atoms. The van der Waals surface area contributed by atoms with Gasteiger partial charge in [0.25, 0.3) is 11.7 Å². The van der Waals surface area contributed by atoms with Gasteiger partial charge in [0.15, 0.2) is 0 Å². The second-order valence-electron chi connectivity index (χ2n) is 4.20. The van der Waals surface area contributed by atoms with Gasteiger partial charge in [-0.2, -0.15) is 5.10 Å². The fourth-order valence-corrected chi connectivity index (χ4v) is 1.93. The summed E-state index contributed by atoms with van der Waals surface area (Å²) in [6, 6.07) is 6.14. The molecule has 0 saturated heterocycles. The normalized spacial score (nSPS) is 10.5. The van der Waals surface area contributed by atoms with E-state index in [0.717, 1.165) is 0 Å². The standard InChI is InChI=1S/C13H9Cl2N3O2.Fe.H2O4S/c14-10-5-9(12(19)11(15)6-10)7-17-18-13(20)8-1-3-16-4-2-8;;1-5(2,3)4/h1-7,19H,(H,18,20);;(H2,1,2,3,4)/q;+2;/p-1/b17-7+;;. The number of carbonyl (C=O) groups excluding carboxylic acids is 1. The molecule has 140 valence electrons. The van der Waals surface area contributed by atoms with Crippen molar-refractivity contribution in [1.29, 1.82) is 0 Å². The Bertz CT molecular complexity index is 873. The first-order chi connectivity index (χ1) is 11.6. The fraction of sp³-hybridized carbons (Fsp3) is 0. The van der Waals surface area contributed by atoms with Crippen LogP contribution in [0.4, 0.5) is 0 Å². The number of amides is 1. The van der Waals surface area contributed by atoms with Crippen LogP contribution >= 0.6 is 23.2 Å². The minimum Gasteiger partial charge on any atom is -0.759 e. The molecule has 0 atom stereocenters. The summed E-state index contributed by atoms with van der Waals surface area (Å²) in [6.45, 7) is 0. The van der Waals surface area contributed by atoms with Crippen LogP contribution in [0.25, 0.3) is 0 Å². The van der Waals surface area contributed by atoms with Crippen LogP contribution in [0.3, 0.4) is 0 Å². The largest absolute Gasteiger partial charge is 2.00 e. The van der Waals surface area contributed by atoms with Gasteiger partial charge in [-0.1, -0.05) is 23.2 Å². The van der Waals surface area contributed by atoms with E-state index in [0.29, 0.717) is 16.1 Å². The van der Waals surface area contributed by atoms with E-state index in [1.807, 2.05) is 0 Å². The second kappa shape index (κ2) is 11.1. The third-order valence-corrected chi connectivity index (χ3v) is 2.91. The number of hydrazone groups is 1. The topological polar surface area (TPSA) is 158 Å². The van der Waals surface area contributed by atoms with Gasteiger partial charge in [0.1, 0.15) is 5.02 Å². The van der Waals surface area contributed by atoms with Crippen LogP contribution in [-0.4, -0.2) is 39.7 Å². The molecule has 2 rings (SSSR count). The number of rotatable bonds is 3. The van der Waals surface area contributed by atoms with E-state index in [2.05, 4.69) is 15.5 Å². The van der Waals surface area contributed by atoms with Gasteiger partial charge >= 0.3 is 17.1 Å². The molecule has 0 spiro atoms. The molecule has 0 aliphatic carbocycles. The van der Waals surface area contributed by atoms with Crippen molar-refractivity contribution < 1.29 is 44.5 Å². The van der Waals surface area contributed by atoms with E-state index in [-0.39, 0.29) is 33.7 Å². The molecule has 9 nitrogen and oxygen atoms in total. The summed E-state index contributed by atoms with van der Waals surface area (Å²) >= 11 is 11.7. The summed E-state index contributed by atoms with van der Waals surface area (Å²) in [5.41, 5.74) is 3.20. The van der Waals surface area contributed by atoms with Crippen molar-refractivity contribution >= 4 is 45.7 Å². The average Bonchev–Trinajstić information content (AvgIpc) is 2.51. The van der Waals surface area contributed by atoms with E-state index in [9.17, 15) is 4.79 Å². The number of halogens is 2. The summed E-state index contributed by atoms with van der Waals surface area (Å²) in [6.07, 6.45) is 4.34. The Morgan fingerprint density at radius 1 is 1.23 bits per heavy atom. The third kappa shape index (κ3) is 9.68. The molecule has 0 bridgehead atoms. The predicted molar refractivity (Wildman–Crippen MR) is 89.3 cm³/mol. The molecule has 13 heteroatoms. The van der Waals surface area contributed by atoms with Gasteiger partial charge in [0, 0.05) is 33.4 Å². The van der Waals surface area contributed by atoms with Crippen LogP contribution in [0.15, 0.2) is 41.8 Å². The summed E-state index contributed by atoms with van der Waals surface area (Å²) in [4.78, 5) is 15.5. The number of carbonyl (C=O) groups is 1. The molecule has 0 aliphatic rings. The predicted octanol–water partition coefficient (Wildman–Crippen LogP) is 1.25. The Hall–Kier alpha value is -1.72. The fourth-order valence-electron chi connectivity index (χ4n) is 1.42. The maximum absolute atomic E-state index is 11.7. The quantitative estimate of drug-likeness (QED) is 0.180. The minimum atomic E-state index is -5.17. The van der Waals surface area contributed by atoms with Crippen molar-refractivity contribution in [2.24, 2.45) is 5.10 Å². The second-order valence-corrected chi connectivity index (χ2v) is 5.86. The minimum absolute atomic E-state index is 0. The molecule has 0 radical (unpaired) electrons. The molecule has 1 aromatic heterocycles. The third-order valence-electron chi connectivity index (χ3n) is 2.40. The number of hydrogen-bond donors (Lipinski definition) is 1. The van der Waals surface area contributed by atoms with Crippen LogP contribution in [0.2, 0.25) is 10.0 Å². The Morgan fingerprint density at radius 3 is 2.31 bits per heavy atom. The Kier molecular flexibility index (Phi) is 10.4. The van der Waals surface area contributed by atoms with E-state index in [1.54, 1.807) is 12.1 Å². The first-order valence-electron chi connectivity index (χ1n) is 6.18. The number of nitrogens with zero attached hydrogens (tertiary/aromatic N) is 2. The van der Waals surface area contributed by atoms with Crippen LogP contribution in [0, 0.1) is 0 Å². The van der Waals surface area contributed by atoms with Gasteiger partial charge in [0.2, 0.25) is 0 Å². The molecular formula is C13H10Cl2FeN3O6S+. The van der Waals surface area contributed by atoms with E-state index in [1.165, 1.54) is 30.7 Å². The van der Waals surface area contributed by atoms with Crippen LogP contribution in [-0.2, 0) is 27.5 Å². The number of pyridine rings is 1. The van der Waals surface area contributed by atoms with Gasteiger partial charge in [0.05, 0.1) is 11.8 Å². The number of nitrogens with one attached hydrogen (secondary N) is 1. The summed E-state index contributed by atoms with van der Waals surface area (Å²) in [5, 5.41) is 12.1. The monoisotopic (exact) mass is 462 g/mol. The molecule has 1 heterocycles. The molecule has 1 aromatic carbocycles. The van der Waals surface area contributed by atoms with Crippen LogP contribution in [0.1, 0.15) is 15.9 Å². The Balaban J connectivity index is 0.000000923. The summed E-state index contributed by atoms with van der Waals surface area (Å²) < 4.78 is 34.1. The van der Waals surface area contributed by atoms with Crippen LogP contribution < -0.4 is 5.43 Å². The van der Waals surface area contributed by atoms with Gasteiger partial charge in [-0.3, -0.25) is 18.2 Å². The van der Waals surface area contributed by atoms with Crippen LogP contribution in [0.5, 0.6) is 5.75 Å². The summed E-state index contributed by atoms with van der Waals surface area (Å²) in [7, 11) is -5.17. The molecule has 0 aliphatic heterocycles. The SMILES string of the molecule is O=C(N/N=C/c1cc(Cl)cc(Cl)c1[OH2+])c1ccncc1.O=S(=O)([O-])[O-].[Fe+2]. The van der Waals surface area contributed by atoms with Crippen molar-refractivity contribution in [3.8, 4) is 5.75 Å². The zero-order valence-corrected chi connectivity index (χ0v) is 15.9. The maximum atomic E-state index is 11.7. The molecule has 3 N–H and O–H groups in total. The van der Waals surface area contributed by atoms with Crippen molar-refractivity contribution in [1.82, 2.24) is 10.4 Å². The molecular weight excluding hydrogens is 453 g/mol. The van der Waals surface area contributed by atoms with Crippen molar-refractivity contribution in [2.75, 3.05) is 0 Å². The first kappa shape index (κ1) is 24.3. The van der Waals surface area contributed by atoms with E-state index >= 15 is 0 Å². The van der Waals surface area contributed by atoms with Gasteiger partial charge in [-0.25, -0.2) is 5.43 Å². The number of hydrogen-bond acceptors (Lipinski definition) is 7. The van der Waals surface area contributed by atoms with E-state index < -0.39 is 10.4 Å². The molecule has 2 aromatic rings. The Labute approximate surface area is 169 Å². The number of aromatic nitrogens is 1. The molecule has 0 saturated carbocycles. The smallest absolute Gasteiger partial charge is 0.759 e. The zero-order chi connectivity index (χ0) is 19.0. The molecule has 1 amide bonds. The van der Waals surface area contributed by atoms with Crippen molar-refractivity contribution in [2.45, 2.75) is 0 Å². The van der Waals surface area contributed by atoms with Crippen molar-refractivity contribution in [3.63, 3.8) is 0 Å². The molecule has 0 fully saturated rings.